The molecule has 0 aliphatic rings. The first-order valence-corrected chi connectivity index (χ1v) is 9.60. The van der Waals surface area contributed by atoms with Crippen molar-refractivity contribution in [2.45, 2.75) is 4.90 Å². The minimum Gasteiger partial charge on any atom is -0.495 e. The van der Waals surface area contributed by atoms with Gasteiger partial charge >= 0.3 is 0 Å². The van der Waals surface area contributed by atoms with Crippen molar-refractivity contribution >= 4 is 27.3 Å². The summed E-state index contributed by atoms with van der Waals surface area (Å²) in [5.74, 6) is -0.269. The summed E-state index contributed by atoms with van der Waals surface area (Å²) in [6.07, 6.45) is 0. The van der Waals surface area contributed by atoms with Crippen molar-refractivity contribution in [2.24, 2.45) is 0 Å². The molecule has 138 valence electrons. The van der Waals surface area contributed by atoms with Crippen molar-refractivity contribution in [1.29, 1.82) is 0 Å². The highest BCUT2D eigenvalue weighted by Gasteiger charge is 2.22. The molecule has 0 aromatic heterocycles. The average molecular weight is 382 g/mol. The Morgan fingerprint density at radius 1 is 0.852 bits per heavy atom. The Balaban J connectivity index is 1.92. The Labute approximate surface area is 157 Å². The van der Waals surface area contributed by atoms with Gasteiger partial charge in [-0.25, -0.2) is 8.42 Å². The van der Waals surface area contributed by atoms with Gasteiger partial charge in [-0.05, 0) is 42.5 Å². The van der Waals surface area contributed by atoms with Crippen molar-refractivity contribution < 1.29 is 17.9 Å². The summed E-state index contributed by atoms with van der Waals surface area (Å²) < 4.78 is 33.2. The summed E-state index contributed by atoms with van der Waals surface area (Å²) in [5.41, 5.74) is 1.23. The molecule has 3 rings (SSSR count). The number of hydrogen-bond acceptors (Lipinski definition) is 4. The largest absolute Gasteiger partial charge is 0.495 e. The van der Waals surface area contributed by atoms with Crippen LogP contribution in [0, 0.1) is 0 Å². The predicted octanol–water partition coefficient (Wildman–Crippen LogP) is 3.75. The highest BCUT2D eigenvalue weighted by molar-refractivity contribution is 7.92. The van der Waals surface area contributed by atoms with Gasteiger partial charge in [-0.15, -0.1) is 0 Å². The molecule has 0 heterocycles. The Hall–Kier alpha value is -3.32. The lowest BCUT2D eigenvalue weighted by Crippen LogP contribution is -2.17. The summed E-state index contributed by atoms with van der Waals surface area (Å²) in [5, 5.41) is 2.73. The Morgan fingerprint density at radius 2 is 1.44 bits per heavy atom. The van der Waals surface area contributed by atoms with E-state index >= 15 is 0 Å². The first-order valence-electron chi connectivity index (χ1n) is 8.12. The molecular formula is C20H18N2O4S. The number of hydrogen-bond donors (Lipinski definition) is 2. The zero-order chi connectivity index (χ0) is 19.3. The van der Waals surface area contributed by atoms with Crippen LogP contribution in [0.5, 0.6) is 5.75 Å². The smallest absolute Gasteiger partial charge is 0.265 e. The minimum absolute atomic E-state index is 0.116. The van der Waals surface area contributed by atoms with Crippen LogP contribution in [0.3, 0.4) is 0 Å². The monoisotopic (exact) mass is 382 g/mol. The molecule has 0 fully saturated rings. The zero-order valence-electron chi connectivity index (χ0n) is 14.5. The molecule has 6 nitrogen and oxygen atoms in total. The number of carbonyl (C=O) groups excluding carboxylic acids is 1. The standard InChI is InChI=1S/C20H18N2O4S/c1-26-18-13-12-15(20(23)21-16-8-4-2-5-9-16)14-19(18)27(24,25)22-17-10-6-3-7-11-17/h2-14,22H,1H3,(H,21,23). The third-order valence-corrected chi connectivity index (χ3v) is 5.18. The van der Waals surface area contributed by atoms with Crippen LogP contribution in [0.25, 0.3) is 0 Å². The molecule has 0 aliphatic heterocycles. The summed E-state index contributed by atoms with van der Waals surface area (Å²) in [6, 6.07) is 21.7. The summed E-state index contributed by atoms with van der Waals surface area (Å²) in [6.45, 7) is 0. The summed E-state index contributed by atoms with van der Waals surface area (Å²) in [7, 11) is -2.56. The Morgan fingerprint density at radius 3 is 2.04 bits per heavy atom. The molecule has 7 heteroatoms. The normalized spacial score (nSPS) is 10.9. The van der Waals surface area contributed by atoms with Crippen LogP contribution in [0.15, 0.2) is 83.8 Å². The molecule has 0 radical (unpaired) electrons. The van der Waals surface area contributed by atoms with Gasteiger partial charge in [-0.1, -0.05) is 36.4 Å². The van der Waals surface area contributed by atoms with E-state index in [9.17, 15) is 13.2 Å². The van der Waals surface area contributed by atoms with Gasteiger partial charge in [0.25, 0.3) is 15.9 Å². The van der Waals surface area contributed by atoms with Crippen LogP contribution in [0.1, 0.15) is 10.4 Å². The molecule has 3 aromatic rings. The number of ether oxygens (including phenoxy) is 1. The quantitative estimate of drug-likeness (QED) is 0.680. The van der Waals surface area contributed by atoms with Crippen LogP contribution >= 0.6 is 0 Å². The van der Waals surface area contributed by atoms with Gasteiger partial charge in [-0.3, -0.25) is 9.52 Å². The van der Waals surface area contributed by atoms with Crippen LogP contribution in [0.4, 0.5) is 11.4 Å². The van der Waals surface area contributed by atoms with Crippen LogP contribution in [-0.4, -0.2) is 21.4 Å². The van der Waals surface area contributed by atoms with E-state index in [4.69, 9.17) is 4.74 Å². The molecule has 0 aliphatic carbocycles. The maximum atomic E-state index is 12.8. The second kappa shape index (κ2) is 7.92. The number of nitrogens with one attached hydrogen (secondary N) is 2. The Kier molecular flexibility index (Phi) is 5.42. The van der Waals surface area contributed by atoms with Gasteiger partial charge in [-0.2, -0.15) is 0 Å². The van der Waals surface area contributed by atoms with E-state index in [1.54, 1.807) is 54.6 Å². The number of amides is 1. The molecule has 0 unspecified atom stereocenters. The maximum absolute atomic E-state index is 12.8. The van der Waals surface area contributed by atoms with Gasteiger partial charge < -0.3 is 10.1 Å². The summed E-state index contributed by atoms with van der Waals surface area (Å²) >= 11 is 0. The van der Waals surface area contributed by atoms with Gasteiger partial charge in [0.1, 0.15) is 10.6 Å². The van der Waals surface area contributed by atoms with Crippen LogP contribution < -0.4 is 14.8 Å². The van der Waals surface area contributed by atoms with Crippen molar-refractivity contribution in [3.05, 3.63) is 84.4 Å². The SMILES string of the molecule is COc1ccc(C(=O)Nc2ccccc2)cc1S(=O)(=O)Nc1ccccc1. The second-order valence-corrected chi connectivity index (χ2v) is 7.31. The third-order valence-electron chi connectivity index (χ3n) is 3.77. The number of anilines is 2. The first-order chi connectivity index (χ1) is 13.0. The van der Waals surface area contributed by atoms with Gasteiger partial charge in [0, 0.05) is 16.9 Å². The van der Waals surface area contributed by atoms with E-state index in [1.165, 1.54) is 25.3 Å². The van der Waals surface area contributed by atoms with E-state index in [0.717, 1.165) is 0 Å². The highest BCUT2D eigenvalue weighted by Crippen LogP contribution is 2.27. The summed E-state index contributed by atoms with van der Waals surface area (Å²) in [4.78, 5) is 12.4. The highest BCUT2D eigenvalue weighted by atomic mass is 32.2. The second-order valence-electron chi connectivity index (χ2n) is 5.66. The van der Waals surface area contributed by atoms with E-state index < -0.39 is 15.9 Å². The molecule has 0 spiro atoms. The van der Waals surface area contributed by atoms with Gasteiger partial charge in [0.2, 0.25) is 0 Å². The fraction of sp³-hybridized carbons (Fsp3) is 0.0500. The Bertz CT molecular complexity index is 1040. The van der Waals surface area contributed by atoms with Crippen molar-refractivity contribution in [2.75, 3.05) is 17.1 Å². The molecule has 3 aromatic carbocycles. The topological polar surface area (TPSA) is 84.5 Å². The molecule has 0 atom stereocenters. The number of methoxy groups -OCH3 is 1. The number of carbonyl (C=O) groups is 1. The van der Waals surface area contributed by atoms with E-state index in [0.29, 0.717) is 11.4 Å². The van der Waals surface area contributed by atoms with E-state index in [2.05, 4.69) is 10.0 Å². The zero-order valence-corrected chi connectivity index (χ0v) is 15.4. The number of benzene rings is 3. The molecule has 0 bridgehead atoms. The lowest BCUT2D eigenvalue weighted by Gasteiger charge is -2.13. The first kappa shape index (κ1) is 18.5. The molecule has 1 amide bonds. The van der Waals surface area contributed by atoms with Crippen LogP contribution in [0.2, 0.25) is 0 Å². The average Bonchev–Trinajstić information content (AvgIpc) is 2.68. The van der Waals surface area contributed by atoms with Crippen molar-refractivity contribution in [3.63, 3.8) is 0 Å². The lowest BCUT2D eigenvalue weighted by atomic mass is 10.2. The maximum Gasteiger partial charge on any atom is 0.265 e. The molecule has 2 N–H and O–H groups in total. The fourth-order valence-electron chi connectivity index (χ4n) is 2.47. The number of rotatable bonds is 6. The lowest BCUT2D eigenvalue weighted by molar-refractivity contribution is 0.102. The van der Waals surface area contributed by atoms with Crippen molar-refractivity contribution in [3.8, 4) is 5.75 Å². The van der Waals surface area contributed by atoms with Crippen molar-refractivity contribution in [1.82, 2.24) is 0 Å². The fourth-order valence-corrected chi connectivity index (χ4v) is 3.72. The third kappa shape index (κ3) is 4.45. The molecule has 0 saturated heterocycles. The van der Waals surface area contributed by atoms with E-state index in [-0.39, 0.29) is 16.2 Å². The van der Waals surface area contributed by atoms with Crippen LogP contribution in [-0.2, 0) is 10.0 Å². The number of sulfonamides is 1. The minimum atomic E-state index is -3.94. The van der Waals surface area contributed by atoms with Gasteiger partial charge in [0.15, 0.2) is 0 Å². The molecule has 27 heavy (non-hydrogen) atoms. The number of para-hydroxylation sites is 2. The molecular weight excluding hydrogens is 364 g/mol. The van der Waals surface area contributed by atoms with E-state index in [1.807, 2.05) is 6.07 Å². The molecule has 0 saturated carbocycles. The van der Waals surface area contributed by atoms with Gasteiger partial charge in [0.05, 0.1) is 7.11 Å². The predicted molar refractivity (Wildman–Crippen MR) is 105 cm³/mol.